The van der Waals surface area contributed by atoms with Crippen LogP contribution in [-0.2, 0) is 24.8 Å². The van der Waals surface area contributed by atoms with E-state index in [9.17, 15) is 9.59 Å². The summed E-state index contributed by atoms with van der Waals surface area (Å²) in [6.45, 7) is 0.734. The predicted octanol–water partition coefficient (Wildman–Crippen LogP) is 2.81. The second kappa shape index (κ2) is 7.52. The molecule has 1 aliphatic heterocycles. The molecule has 2 heterocycles. The number of alkyl carbamates (subject to hydrolysis) is 1. The van der Waals surface area contributed by atoms with Crippen molar-refractivity contribution in [1.82, 2.24) is 20.4 Å². The molecule has 1 fully saturated rings. The molecule has 1 saturated heterocycles. The fourth-order valence-corrected chi connectivity index (χ4v) is 3.42. The Morgan fingerprint density at radius 3 is 2.75 bits per heavy atom. The number of amides is 2. The van der Waals surface area contributed by atoms with Crippen LogP contribution in [0.4, 0.5) is 4.79 Å². The Hall–Kier alpha value is -3.06. The van der Waals surface area contributed by atoms with E-state index in [1.807, 2.05) is 37.4 Å². The number of fused-ring (bicyclic) bond motifs is 1. The number of nitrogens with zero attached hydrogens (tertiary/aromatic N) is 2. The van der Waals surface area contributed by atoms with Crippen molar-refractivity contribution in [3.63, 3.8) is 0 Å². The topological polar surface area (TPSA) is 85.2 Å². The van der Waals surface area contributed by atoms with Gasteiger partial charge >= 0.3 is 6.09 Å². The van der Waals surface area contributed by atoms with E-state index in [2.05, 4.69) is 15.7 Å². The van der Waals surface area contributed by atoms with Crippen LogP contribution in [-0.4, -0.2) is 34.4 Å². The molecule has 4 rings (SSSR count). The summed E-state index contributed by atoms with van der Waals surface area (Å²) in [5, 5.41) is 11.5. The number of hydrogen-bond acceptors (Lipinski definition) is 4. The molecule has 1 aromatic heterocycles. The number of nitrogens with one attached hydrogen (secondary N) is 2. The summed E-state index contributed by atoms with van der Waals surface area (Å²) in [4.78, 5) is 23.9. The first-order valence-electron chi connectivity index (χ1n) is 8.91. The van der Waals surface area contributed by atoms with Crippen LogP contribution in [0.1, 0.15) is 21.6 Å². The van der Waals surface area contributed by atoms with Crippen LogP contribution in [0.15, 0.2) is 42.5 Å². The Morgan fingerprint density at radius 1 is 1.29 bits per heavy atom. The summed E-state index contributed by atoms with van der Waals surface area (Å²) in [5.74, 6) is -0.241. The molecular formula is C20H19ClN4O3. The van der Waals surface area contributed by atoms with Crippen LogP contribution in [0, 0.1) is 0 Å². The standard InChI is InChI=1S/C20H19ClN4O3/c1-25-17-7-4-13(8-15-11-28-20(27)23-15)9-16(17)18(24-25)19(26)22-10-12-2-5-14(21)6-3-12/h2-7,9,15H,8,10-11H2,1H3,(H,22,26)(H,23,27)/t15-/m0/s1. The Morgan fingerprint density at radius 2 is 2.04 bits per heavy atom. The van der Waals surface area contributed by atoms with Crippen molar-refractivity contribution < 1.29 is 14.3 Å². The molecule has 8 heteroatoms. The average molecular weight is 399 g/mol. The second-order valence-corrected chi connectivity index (χ2v) is 7.21. The van der Waals surface area contributed by atoms with Gasteiger partial charge in [0.25, 0.3) is 5.91 Å². The molecule has 0 unspecified atom stereocenters. The third kappa shape index (κ3) is 3.80. The first kappa shape index (κ1) is 18.3. The van der Waals surface area contributed by atoms with Gasteiger partial charge in [-0.25, -0.2) is 4.79 Å². The van der Waals surface area contributed by atoms with Gasteiger partial charge in [-0.15, -0.1) is 0 Å². The van der Waals surface area contributed by atoms with Gasteiger partial charge in [0, 0.05) is 24.0 Å². The number of ether oxygens (including phenoxy) is 1. The van der Waals surface area contributed by atoms with Crippen molar-refractivity contribution in [3.8, 4) is 0 Å². The molecule has 0 saturated carbocycles. The fraction of sp³-hybridized carbons (Fsp3) is 0.250. The maximum atomic E-state index is 12.7. The largest absolute Gasteiger partial charge is 0.447 e. The lowest BCUT2D eigenvalue weighted by Crippen LogP contribution is -2.28. The molecule has 0 aliphatic carbocycles. The second-order valence-electron chi connectivity index (χ2n) is 6.78. The molecule has 2 N–H and O–H groups in total. The van der Waals surface area contributed by atoms with Crippen LogP contribution < -0.4 is 10.6 Å². The van der Waals surface area contributed by atoms with Gasteiger partial charge < -0.3 is 15.4 Å². The van der Waals surface area contributed by atoms with Crippen molar-refractivity contribution >= 4 is 34.5 Å². The summed E-state index contributed by atoms with van der Waals surface area (Å²) in [7, 11) is 1.81. The van der Waals surface area contributed by atoms with Crippen molar-refractivity contribution in [3.05, 3.63) is 64.3 Å². The van der Waals surface area contributed by atoms with E-state index >= 15 is 0 Å². The summed E-state index contributed by atoms with van der Waals surface area (Å²) in [5.41, 5.74) is 3.20. The highest BCUT2D eigenvalue weighted by Crippen LogP contribution is 2.21. The molecule has 0 spiro atoms. The molecule has 7 nitrogen and oxygen atoms in total. The SMILES string of the molecule is Cn1nc(C(=O)NCc2ccc(Cl)cc2)c2cc(C[C@H]3COC(=O)N3)ccc21. The Labute approximate surface area is 166 Å². The van der Waals surface area contributed by atoms with Gasteiger partial charge in [0.1, 0.15) is 6.61 Å². The quantitative estimate of drug-likeness (QED) is 0.692. The predicted molar refractivity (Wildman–Crippen MR) is 105 cm³/mol. The Balaban J connectivity index is 1.53. The Kier molecular flexibility index (Phi) is 4.92. The van der Waals surface area contributed by atoms with Crippen LogP contribution >= 0.6 is 11.6 Å². The number of benzene rings is 2. The van der Waals surface area contributed by atoms with Gasteiger partial charge in [0.15, 0.2) is 5.69 Å². The van der Waals surface area contributed by atoms with Crippen molar-refractivity contribution in [2.45, 2.75) is 19.0 Å². The Bertz CT molecular complexity index is 1050. The smallest absolute Gasteiger partial charge is 0.407 e. The minimum Gasteiger partial charge on any atom is -0.447 e. The van der Waals surface area contributed by atoms with Crippen molar-refractivity contribution in [1.29, 1.82) is 0 Å². The molecule has 2 aromatic carbocycles. The van der Waals surface area contributed by atoms with Crippen molar-refractivity contribution in [2.75, 3.05) is 6.61 Å². The molecule has 2 amide bonds. The minimum atomic E-state index is -0.394. The van der Waals surface area contributed by atoms with Crippen LogP contribution in [0.5, 0.6) is 0 Å². The summed E-state index contributed by atoms with van der Waals surface area (Å²) in [6.07, 6.45) is 0.234. The van der Waals surface area contributed by atoms with Gasteiger partial charge in [0.2, 0.25) is 0 Å². The molecule has 0 bridgehead atoms. The number of carbonyl (C=O) groups excluding carboxylic acids is 2. The molecule has 3 aromatic rings. The first-order chi connectivity index (χ1) is 13.5. The van der Waals surface area contributed by atoms with Gasteiger partial charge in [-0.1, -0.05) is 29.8 Å². The van der Waals surface area contributed by atoms with E-state index in [0.717, 1.165) is 22.0 Å². The number of halogens is 1. The van der Waals surface area contributed by atoms with E-state index in [4.69, 9.17) is 16.3 Å². The number of cyclic esters (lactones) is 1. The van der Waals surface area contributed by atoms with Crippen LogP contribution in [0.25, 0.3) is 10.9 Å². The lowest BCUT2D eigenvalue weighted by molar-refractivity contribution is 0.0946. The third-order valence-electron chi connectivity index (χ3n) is 4.72. The number of aryl methyl sites for hydroxylation is 1. The lowest BCUT2D eigenvalue weighted by Gasteiger charge is -2.08. The van der Waals surface area contributed by atoms with E-state index in [1.54, 1.807) is 16.8 Å². The lowest BCUT2D eigenvalue weighted by atomic mass is 10.0. The highest BCUT2D eigenvalue weighted by atomic mass is 35.5. The van der Waals surface area contributed by atoms with Gasteiger partial charge in [0.05, 0.1) is 11.6 Å². The monoisotopic (exact) mass is 398 g/mol. The zero-order chi connectivity index (χ0) is 19.7. The third-order valence-corrected chi connectivity index (χ3v) is 4.97. The maximum Gasteiger partial charge on any atom is 0.407 e. The van der Waals surface area contributed by atoms with Gasteiger partial charge in [-0.05, 0) is 41.8 Å². The zero-order valence-corrected chi connectivity index (χ0v) is 16.0. The molecular weight excluding hydrogens is 380 g/mol. The van der Waals surface area contributed by atoms with Crippen LogP contribution in [0.2, 0.25) is 5.02 Å². The number of hydrogen-bond donors (Lipinski definition) is 2. The highest BCUT2D eigenvalue weighted by molar-refractivity contribution is 6.30. The van der Waals surface area contributed by atoms with Gasteiger partial charge in [-0.3, -0.25) is 9.48 Å². The molecule has 1 atom stereocenters. The maximum absolute atomic E-state index is 12.7. The van der Waals surface area contributed by atoms with Gasteiger partial charge in [-0.2, -0.15) is 5.10 Å². The van der Waals surface area contributed by atoms with E-state index in [0.29, 0.717) is 30.3 Å². The number of carbonyl (C=O) groups is 2. The minimum absolute atomic E-state index is 0.0659. The highest BCUT2D eigenvalue weighted by Gasteiger charge is 2.23. The van der Waals surface area contributed by atoms with E-state index < -0.39 is 6.09 Å². The normalized spacial score (nSPS) is 16.1. The van der Waals surface area contributed by atoms with Crippen molar-refractivity contribution in [2.24, 2.45) is 7.05 Å². The molecule has 144 valence electrons. The van der Waals surface area contributed by atoms with Crippen LogP contribution in [0.3, 0.4) is 0 Å². The van der Waals surface area contributed by atoms with E-state index in [-0.39, 0.29) is 11.9 Å². The molecule has 28 heavy (non-hydrogen) atoms. The van der Waals surface area contributed by atoms with E-state index in [1.165, 1.54) is 0 Å². The molecule has 1 aliphatic rings. The first-order valence-corrected chi connectivity index (χ1v) is 9.29. The summed E-state index contributed by atoms with van der Waals surface area (Å²) >= 11 is 5.89. The number of rotatable bonds is 5. The summed E-state index contributed by atoms with van der Waals surface area (Å²) in [6, 6.07) is 13.1. The zero-order valence-electron chi connectivity index (χ0n) is 15.2. The fourth-order valence-electron chi connectivity index (χ4n) is 3.30. The molecule has 0 radical (unpaired) electrons. The number of aromatic nitrogens is 2. The average Bonchev–Trinajstić information content (AvgIpc) is 3.24. The summed E-state index contributed by atoms with van der Waals surface area (Å²) < 4.78 is 6.62.